The number of nitrogens with one attached hydrogen (secondary N) is 1. The minimum Gasteiger partial charge on any atom is -0.336 e. The van der Waals surface area contributed by atoms with Crippen LogP contribution in [-0.4, -0.2) is 61.8 Å². The van der Waals surface area contributed by atoms with E-state index in [1.165, 1.54) is 37.2 Å². The number of aromatic nitrogens is 1. The van der Waals surface area contributed by atoms with Gasteiger partial charge in [0.05, 0.1) is 16.8 Å². The molecule has 0 unspecified atom stereocenters. The second-order valence-electron chi connectivity index (χ2n) is 8.67. The molecule has 172 valence electrons. The Bertz CT molecular complexity index is 1300. The van der Waals surface area contributed by atoms with Crippen molar-refractivity contribution in [1.82, 2.24) is 14.8 Å². The standard InChI is InChI=1S/C24H25FN4O3S/c25-21-15-19(27-33(31,32)22-5-1-3-18-4-2-10-26-23(18)22)8-9-20(21)24(30)29-13-11-28(12-14-29)16-17-6-7-17/h1-5,8-10,15,17,27H,6-7,11-14,16H2. The molecule has 0 atom stereocenters. The van der Waals surface area contributed by atoms with Gasteiger partial charge in [0.15, 0.2) is 0 Å². The number of hydrogen-bond acceptors (Lipinski definition) is 5. The molecule has 1 saturated heterocycles. The normalized spacial score (nSPS) is 17.3. The van der Waals surface area contributed by atoms with Gasteiger partial charge in [0.2, 0.25) is 0 Å². The number of fused-ring (bicyclic) bond motifs is 1. The molecule has 2 heterocycles. The fraction of sp³-hybridized carbons (Fsp3) is 0.333. The van der Waals surface area contributed by atoms with Gasteiger partial charge in [-0.25, -0.2) is 12.8 Å². The van der Waals surface area contributed by atoms with Crippen molar-refractivity contribution in [1.29, 1.82) is 0 Å². The average molecular weight is 469 g/mol. The number of carbonyl (C=O) groups excluding carboxylic acids is 1. The lowest BCUT2D eigenvalue weighted by atomic mass is 10.1. The summed E-state index contributed by atoms with van der Waals surface area (Å²) in [6, 6.07) is 12.2. The predicted octanol–water partition coefficient (Wildman–Crippen LogP) is 3.34. The van der Waals surface area contributed by atoms with Crippen molar-refractivity contribution >= 4 is 32.5 Å². The summed E-state index contributed by atoms with van der Waals surface area (Å²) >= 11 is 0. The van der Waals surface area contributed by atoms with E-state index in [4.69, 9.17) is 0 Å². The van der Waals surface area contributed by atoms with E-state index in [9.17, 15) is 17.6 Å². The maximum atomic E-state index is 14.8. The second kappa shape index (κ2) is 8.72. The number of piperazine rings is 1. The Balaban J connectivity index is 1.30. The third kappa shape index (κ3) is 4.69. The number of amides is 1. The number of hydrogen-bond donors (Lipinski definition) is 1. The summed E-state index contributed by atoms with van der Waals surface area (Å²) in [5.74, 6) is -0.325. The lowest BCUT2D eigenvalue weighted by Crippen LogP contribution is -2.49. The van der Waals surface area contributed by atoms with Crippen LogP contribution < -0.4 is 4.72 Å². The summed E-state index contributed by atoms with van der Waals surface area (Å²) in [5.41, 5.74) is 0.326. The minimum absolute atomic E-state index is 0.00484. The van der Waals surface area contributed by atoms with Crippen LogP contribution in [0.15, 0.2) is 59.6 Å². The van der Waals surface area contributed by atoms with Crippen LogP contribution in [0.4, 0.5) is 10.1 Å². The minimum atomic E-state index is -4.00. The molecule has 3 aromatic rings. The molecule has 1 N–H and O–H groups in total. The summed E-state index contributed by atoms with van der Waals surface area (Å²) in [6.45, 7) is 3.79. The number of para-hydroxylation sites is 1. The number of carbonyl (C=O) groups is 1. The van der Waals surface area contributed by atoms with E-state index >= 15 is 0 Å². The number of benzene rings is 2. The Morgan fingerprint density at radius 1 is 1.06 bits per heavy atom. The molecular weight excluding hydrogens is 443 g/mol. The van der Waals surface area contributed by atoms with E-state index in [0.717, 1.165) is 31.6 Å². The molecule has 2 fully saturated rings. The summed E-state index contributed by atoms with van der Waals surface area (Å²) in [4.78, 5) is 21.0. The zero-order chi connectivity index (χ0) is 23.0. The van der Waals surface area contributed by atoms with Gasteiger partial charge >= 0.3 is 0 Å². The van der Waals surface area contributed by atoms with E-state index in [1.54, 1.807) is 29.2 Å². The number of rotatable bonds is 6. The van der Waals surface area contributed by atoms with Gasteiger partial charge in [0.1, 0.15) is 10.7 Å². The van der Waals surface area contributed by atoms with Crippen molar-refractivity contribution in [2.24, 2.45) is 5.92 Å². The van der Waals surface area contributed by atoms with E-state index in [1.807, 2.05) is 0 Å². The summed E-state index contributed by atoms with van der Waals surface area (Å²) < 4.78 is 43.1. The first-order chi connectivity index (χ1) is 15.9. The molecule has 5 rings (SSSR count). The third-order valence-corrected chi connectivity index (χ3v) is 7.62. The molecule has 1 aliphatic heterocycles. The van der Waals surface area contributed by atoms with Crippen LogP contribution in [-0.2, 0) is 10.0 Å². The first-order valence-electron chi connectivity index (χ1n) is 11.1. The first kappa shape index (κ1) is 21.8. The van der Waals surface area contributed by atoms with Crippen LogP contribution in [0.3, 0.4) is 0 Å². The van der Waals surface area contributed by atoms with Crippen molar-refractivity contribution in [2.75, 3.05) is 37.4 Å². The number of halogens is 1. The molecule has 1 aromatic heterocycles. The Hall–Kier alpha value is -3.04. The molecule has 1 saturated carbocycles. The van der Waals surface area contributed by atoms with Crippen molar-refractivity contribution < 1.29 is 17.6 Å². The van der Waals surface area contributed by atoms with Crippen LogP contribution in [0.2, 0.25) is 0 Å². The van der Waals surface area contributed by atoms with Crippen LogP contribution in [0.1, 0.15) is 23.2 Å². The van der Waals surface area contributed by atoms with Crippen LogP contribution in [0.25, 0.3) is 10.9 Å². The number of anilines is 1. The molecule has 0 bridgehead atoms. The fourth-order valence-corrected chi connectivity index (χ4v) is 5.45. The van der Waals surface area contributed by atoms with Crippen molar-refractivity contribution in [3.63, 3.8) is 0 Å². The third-order valence-electron chi connectivity index (χ3n) is 6.21. The number of pyridine rings is 1. The molecule has 9 heteroatoms. The van der Waals surface area contributed by atoms with Crippen LogP contribution in [0, 0.1) is 11.7 Å². The second-order valence-corrected chi connectivity index (χ2v) is 10.3. The van der Waals surface area contributed by atoms with Gasteiger partial charge in [0, 0.05) is 44.3 Å². The lowest BCUT2D eigenvalue weighted by Gasteiger charge is -2.34. The monoisotopic (exact) mass is 468 g/mol. The molecular formula is C24H25FN4O3S. The zero-order valence-corrected chi connectivity index (χ0v) is 18.9. The molecule has 1 aliphatic carbocycles. The number of sulfonamides is 1. The smallest absolute Gasteiger partial charge is 0.264 e. The molecule has 0 spiro atoms. The Morgan fingerprint density at radius 2 is 1.82 bits per heavy atom. The van der Waals surface area contributed by atoms with E-state index in [-0.39, 0.29) is 22.1 Å². The van der Waals surface area contributed by atoms with Gasteiger partial charge in [-0.3, -0.25) is 19.4 Å². The summed E-state index contributed by atoms with van der Waals surface area (Å²) in [5, 5.41) is 0.685. The predicted molar refractivity (Wildman–Crippen MR) is 124 cm³/mol. The molecule has 2 aromatic carbocycles. The van der Waals surface area contributed by atoms with E-state index in [2.05, 4.69) is 14.6 Å². The van der Waals surface area contributed by atoms with E-state index in [0.29, 0.717) is 24.0 Å². The molecule has 7 nitrogen and oxygen atoms in total. The first-order valence-corrected chi connectivity index (χ1v) is 12.6. The fourth-order valence-electron chi connectivity index (χ4n) is 4.22. The molecule has 2 aliphatic rings. The van der Waals surface area contributed by atoms with Gasteiger partial charge < -0.3 is 4.90 Å². The summed E-state index contributed by atoms with van der Waals surface area (Å²) in [6.07, 6.45) is 4.10. The highest BCUT2D eigenvalue weighted by Crippen LogP contribution is 2.30. The quantitative estimate of drug-likeness (QED) is 0.600. The van der Waals surface area contributed by atoms with E-state index < -0.39 is 15.8 Å². The molecule has 33 heavy (non-hydrogen) atoms. The van der Waals surface area contributed by atoms with Crippen molar-refractivity contribution in [3.8, 4) is 0 Å². The van der Waals surface area contributed by atoms with Crippen molar-refractivity contribution in [3.05, 3.63) is 66.1 Å². The summed E-state index contributed by atoms with van der Waals surface area (Å²) in [7, 11) is -4.00. The van der Waals surface area contributed by atoms with Gasteiger partial charge in [-0.1, -0.05) is 18.2 Å². The number of nitrogens with zero attached hydrogens (tertiary/aromatic N) is 3. The van der Waals surface area contributed by atoms with Crippen molar-refractivity contribution in [2.45, 2.75) is 17.7 Å². The van der Waals surface area contributed by atoms with Gasteiger partial charge in [0.25, 0.3) is 15.9 Å². The maximum absolute atomic E-state index is 14.8. The maximum Gasteiger partial charge on any atom is 0.264 e. The Kier molecular flexibility index (Phi) is 5.76. The van der Waals surface area contributed by atoms with Gasteiger partial charge in [-0.15, -0.1) is 0 Å². The SMILES string of the molecule is O=C(c1ccc(NS(=O)(=O)c2cccc3cccnc23)cc1F)N1CCN(CC2CC2)CC1. The lowest BCUT2D eigenvalue weighted by molar-refractivity contribution is 0.0627. The Morgan fingerprint density at radius 3 is 2.55 bits per heavy atom. The largest absolute Gasteiger partial charge is 0.336 e. The molecule has 1 amide bonds. The Labute approximate surface area is 192 Å². The van der Waals surface area contributed by atoms with Crippen LogP contribution in [0.5, 0.6) is 0 Å². The van der Waals surface area contributed by atoms with Gasteiger partial charge in [-0.05, 0) is 49.1 Å². The topological polar surface area (TPSA) is 82.6 Å². The van der Waals surface area contributed by atoms with Gasteiger partial charge in [-0.2, -0.15) is 0 Å². The highest BCUT2D eigenvalue weighted by Gasteiger charge is 2.29. The zero-order valence-electron chi connectivity index (χ0n) is 18.1. The molecule has 0 radical (unpaired) electrons. The highest BCUT2D eigenvalue weighted by molar-refractivity contribution is 7.93. The average Bonchev–Trinajstić information content (AvgIpc) is 3.63. The van der Waals surface area contributed by atoms with Crippen LogP contribution >= 0.6 is 0 Å². The highest BCUT2D eigenvalue weighted by atomic mass is 32.2.